The van der Waals surface area contributed by atoms with E-state index in [9.17, 15) is 4.79 Å². The number of hydrogen-bond acceptors (Lipinski definition) is 4. The molecule has 1 amide bonds. The number of carbonyl (C=O) groups is 1. The van der Waals surface area contributed by atoms with E-state index in [1.165, 1.54) is 9.58 Å². The lowest BCUT2D eigenvalue weighted by Crippen LogP contribution is -2.25. The smallest absolute Gasteiger partial charge is 0.223 e. The minimum atomic E-state index is 0.169. The van der Waals surface area contributed by atoms with Crippen molar-refractivity contribution in [1.82, 2.24) is 9.88 Å². The zero-order chi connectivity index (χ0) is 14.7. The summed E-state index contributed by atoms with van der Waals surface area (Å²) in [5, 5.41) is 3.07. The highest BCUT2D eigenvalue weighted by atomic mass is 32.1. The highest BCUT2D eigenvalue weighted by molar-refractivity contribution is 7.18. The average Bonchev–Trinajstić information content (AvgIpc) is 3.13. The first-order valence-corrected chi connectivity index (χ1v) is 8.53. The van der Waals surface area contributed by atoms with Gasteiger partial charge in [0, 0.05) is 24.8 Å². The lowest BCUT2D eigenvalue weighted by atomic mass is 10.3. The molecule has 1 aromatic carbocycles. The van der Waals surface area contributed by atoms with Crippen molar-refractivity contribution in [2.24, 2.45) is 0 Å². The number of fused-ring (bicyclic) bond motifs is 1. The molecule has 3 rings (SSSR count). The van der Waals surface area contributed by atoms with E-state index in [0.29, 0.717) is 19.4 Å². The van der Waals surface area contributed by atoms with Crippen LogP contribution in [0.5, 0.6) is 0 Å². The first-order chi connectivity index (χ1) is 10.2. The fourth-order valence-corrected chi connectivity index (χ4v) is 3.88. The van der Waals surface area contributed by atoms with Gasteiger partial charge in [0.15, 0.2) is 0 Å². The third-order valence-electron chi connectivity index (χ3n) is 3.29. The van der Waals surface area contributed by atoms with Crippen molar-refractivity contribution >= 4 is 38.8 Å². The van der Waals surface area contributed by atoms with Crippen molar-refractivity contribution in [3.05, 3.63) is 51.7 Å². The Bertz CT molecular complexity index is 701. The van der Waals surface area contributed by atoms with Crippen LogP contribution in [0, 0.1) is 0 Å². The second-order valence-corrected chi connectivity index (χ2v) is 7.05. The Balaban J connectivity index is 1.57. The van der Waals surface area contributed by atoms with Crippen LogP contribution in [0.1, 0.15) is 16.3 Å². The predicted octanol–water partition coefficient (Wildman–Crippen LogP) is 3.95. The number of aryl methyl sites for hydroxylation is 1. The molecule has 0 spiro atoms. The van der Waals surface area contributed by atoms with Crippen LogP contribution in [0.2, 0.25) is 0 Å². The molecule has 0 N–H and O–H groups in total. The number of amides is 1. The van der Waals surface area contributed by atoms with E-state index in [1.54, 1.807) is 27.6 Å². The molecule has 0 aliphatic heterocycles. The Hall–Kier alpha value is -1.72. The quantitative estimate of drug-likeness (QED) is 0.714. The average molecular weight is 316 g/mol. The van der Waals surface area contributed by atoms with Crippen LogP contribution in [0.4, 0.5) is 0 Å². The lowest BCUT2D eigenvalue weighted by Gasteiger charge is -2.15. The highest BCUT2D eigenvalue weighted by Crippen LogP contribution is 2.22. The number of thiophene rings is 1. The summed E-state index contributed by atoms with van der Waals surface area (Å²) in [6.45, 7) is 0.691. The van der Waals surface area contributed by atoms with Gasteiger partial charge >= 0.3 is 0 Å². The highest BCUT2D eigenvalue weighted by Gasteiger charge is 2.11. The number of carbonyl (C=O) groups excluding carboxylic acids is 1. The summed E-state index contributed by atoms with van der Waals surface area (Å²) in [6.07, 6.45) is 1.23. The molecule has 0 atom stereocenters. The molecular weight excluding hydrogens is 300 g/mol. The van der Waals surface area contributed by atoms with E-state index in [4.69, 9.17) is 0 Å². The van der Waals surface area contributed by atoms with Crippen LogP contribution < -0.4 is 0 Å². The molecule has 2 heterocycles. The van der Waals surface area contributed by atoms with Crippen LogP contribution >= 0.6 is 22.7 Å². The summed E-state index contributed by atoms with van der Waals surface area (Å²) in [5.74, 6) is 0.169. The van der Waals surface area contributed by atoms with Gasteiger partial charge in [0.1, 0.15) is 0 Å². The van der Waals surface area contributed by atoms with Gasteiger partial charge in [-0.05, 0) is 23.6 Å². The zero-order valence-electron chi connectivity index (χ0n) is 11.8. The van der Waals surface area contributed by atoms with Gasteiger partial charge in [-0.1, -0.05) is 18.2 Å². The summed E-state index contributed by atoms with van der Waals surface area (Å²) in [7, 11) is 1.86. The van der Waals surface area contributed by atoms with E-state index in [2.05, 4.69) is 17.1 Å². The Labute approximate surface area is 131 Å². The van der Waals surface area contributed by atoms with Crippen molar-refractivity contribution in [2.45, 2.75) is 19.4 Å². The molecule has 0 aliphatic rings. The van der Waals surface area contributed by atoms with Crippen LogP contribution in [0.3, 0.4) is 0 Å². The number of benzene rings is 1. The van der Waals surface area contributed by atoms with E-state index < -0.39 is 0 Å². The van der Waals surface area contributed by atoms with Crippen molar-refractivity contribution in [3.8, 4) is 0 Å². The van der Waals surface area contributed by atoms with Crippen molar-refractivity contribution in [1.29, 1.82) is 0 Å². The first-order valence-electron chi connectivity index (χ1n) is 6.83. The summed E-state index contributed by atoms with van der Waals surface area (Å²) >= 11 is 3.36. The maximum atomic E-state index is 12.2. The van der Waals surface area contributed by atoms with Gasteiger partial charge in [-0.2, -0.15) is 0 Å². The lowest BCUT2D eigenvalue weighted by molar-refractivity contribution is -0.130. The third-order valence-corrected chi connectivity index (χ3v) is 5.25. The van der Waals surface area contributed by atoms with Gasteiger partial charge in [0.2, 0.25) is 5.91 Å². The molecule has 0 saturated heterocycles. The normalized spacial score (nSPS) is 10.9. The van der Waals surface area contributed by atoms with E-state index in [1.807, 2.05) is 36.7 Å². The molecule has 2 aromatic heterocycles. The summed E-state index contributed by atoms with van der Waals surface area (Å²) in [4.78, 5) is 19.7. The standard InChI is InChI=1S/C16H16N2OS2/c1-18(11-12-5-4-10-20-12)16(19)9-8-15-17-13-6-2-3-7-14(13)21-15/h2-7,10H,8-9,11H2,1H3. The first kappa shape index (κ1) is 14.2. The van der Waals surface area contributed by atoms with Gasteiger partial charge < -0.3 is 4.90 Å². The van der Waals surface area contributed by atoms with Crippen LogP contribution in [-0.2, 0) is 17.8 Å². The molecule has 0 unspecified atom stereocenters. The number of aromatic nitrogens is 1. The fourth-order valence-electron chi connectivity index (χ4n) is 2.16. The number of rotatable bonds is 5. The predicted molar refractivity (Wildman–Crippen MR) is 88.7 cm³/mol. The molecule has 3 nitrogen and oxygen atoms in total. The van der Waals surface area contributed by atoms with E-state index in [0.717, 1.165) is 10.5 Å². The number of para-hydroxylation sites is 1. The largest absolute Gasteiger partial charge is 0.341 e. The number of hydrogen-bond donors (Lipinski definition) is 0. The van der Waals surface area contributed by atoms with Crippen LogP contribution in [-0.4, -0.2) is 22.8 Å². The Morgan fingerprint density at radius 2 is 2.10 bits per heavy atom. The topological polar surface area (TPSA) is 33.2 Å². The Morgan fingerprint density at radius 1 is 1.24 bits per heavy atom. The van der Waals surface area contributed by atoms with Gasteiger partial charge in [0.05, 0.1) is 21.8 Å². The van der Waals surface area contributed by atoms with E-state index in [-0.39, 0.29) is 5.91 Å². The minimum absolute atomic E-state index is 0.169. The van der Waals surface area contributed by atoms with Crippen molar-refractivity contribution in [3.63, 3.8) is 0 Å². The number of thiazole rings is 1. The molecule has 0 fully saturated rings. The minimum Gasteiger partial charge on any atom is -0.341 e. The number of nitrogens with zero attached hydrogens (tertiary/aromatic N) is 2. The third kappa shape index (κ3) is 3.49. The van der Waals surface area contributed by atoms with Crippen molar-refractivity contribution in [2.75, 3.05) is 7.05 Å². The van der Waals surface area contributed by atoms with Gasteiger partial charge in [-0.3, -0.25) is 4.79 Å². The second kappa shape index (κ2) is 6.37. The summed E-state index contributed by atoms with van der Waals surface area (Å²) < 4.78 is 1.19. The van der Waals surface area contributed by atoms with Crippen LogP contribution in [0.25, 0.3) is 10.2 Å². The maximum absolute atomic E-state index is 12.2. The SMILES string of the molecule is CN(Cc1cccs1)C(=O)CCc1nc2ccccc2s1. The summed E-state index contributed by atoms with van der Waals surface area (Å²) in [5.41, 5.74) is 1.02. The second-order valence-electron chi connectivity index (χ2n) is 4.90. The molecule has 5 heteroatoms. The maximum Gasteiger partial charge on any atom is 0.223 e. The summed E-state index contributed by atoms with van der Waals surface area (Å²) in [6, 6.07) is 12.2. The van der Waals surface area contributed by atoms with Gasteiger partial charge in [-0.15, -0.1) is 22.7 Å². The molecule has 3 aromatic rings. The molecule has 0 aliphatic carbocycles. The molecule has 0 bridgehead atoms. The molecular formula is C16H16N2OS2. The van der Waals surface area contributed by atoms with Gasteiger partial charge in [0.25, 0.3) is 0 Å². The molecule has 0 radical (unpaired) electrons. The fraction of sp³-hybridized carbons (Fsp3) is 0.250. The molecule has 108 valence electrons. The molecule has 0 saturated carbocycles. The Kier molecular flexibility index (Phi) is 4.31. The Morgan fingerprint density at radius 3 is 2.86 bits per heavy atom. The van der Waals surface area contributed by atoms with Crippen molar-refractivity contribution < 1.29 is 4.79 Å². The monoisotopic (exact) mass is 316 g/mol. The van der Waals surface area contributed by atoms with E-state index >= 15 is 0 Å². The van der Waals surface area contributed by atoms with Crippen LogP contribution in [0.15, 0.2) is 41.8 Å². The molecule has 21 heavy (non-hydrogen) atoms. The van der Waals surface area contributed by atoms with Gasteiger partial charge in [-0.25, -0.2) is 4.98 Å². The zero-order valence-corrected chi connectivity index (χ0v) is 13.4.